The number of hydrogen-bond donors (Lipinski definition) is 2. The maximum absolute atomic E-state index is 12.5. The minimum Gasteiger partial charge on any atom is -0.497 e. The first kappa shape index (κ1) is 25.8. The van der Waals surface area contributed by atoms with Crippen molar-refractivity contribution in [3.05, 3.63) is 89.5 Å². The molecule has 1 unspecified atom stereocenters. The number of aliphatic hydroxyl groups is 1. The van der Waals surface area contributed by atoms with E-state index in [-0.39, 0.29) is 6.61 Å². The Bertz CT molecular complexity index is 1090. The number of rotatable bonds is 12. The van der Waals surface area contributed by atoms with Gasteiger partial charge in [-0.05, 0) is 47.0 Å². The molecule has 7 heteroatoms. The average molecular weight is 478 g/mol. The molecule has 0 amide bonds. The van der Waals surface area contributed by atoms with Crippen LogP contribution in [0.25, 0.3) is 11.6 Å². The van der Waals surface area contributed by atoms with Gasteiger partial charge >= 0.3 is 5.97 Å². The highest BCUT2D eigenvalue weighted by molar-refractivity contribution is 6.21. The lowest BCUT2D eigenvalue weighted by Crippen LogP contribution is -2.31. The van der Waals surface area contributed by atoms with Gasteiger partial charge in [-0.3, -0.25) is 0 Å². The van der Waals surface area contributed by atoms with Crippen LogP contribution < -0.4 is 19.5 Å². The van der Waals surface area contributed by atoms with Gasteiger partial charge in [0.1, 0.15) is 30.0 Å². The number of esters is 1. The van der Waals surface area contributed by atoms with Gasteiger partial charge in [0, 0.05) is 19.2 Å². The van der Waals surface area contributed by atoms with Crippen LogP contribution in [0.4, 0.5) is 0 Å². The number of methoxy groups -OCH3 is 3. The third-order valence-corrected chi connectivity index (χ3v) is 5.25. The van der Waals surface area contributed by atoms with Crippen LogP contribution in [0, 0.1) is 0 Å². The maximum atomic E-state index is 12.5. The minimum absolute atomic E-state index is 0.143. The fraction of sp³-hybridized carbons (Fsp3) is 0.250. The summed E-state index contributed by atoms with van der Waals surface area (Å²) >= 11 is 0. The Morgan fingerprint density at radius 1 is 0.914 bits per heavy atom. The molecule has 3 rings (SSSR count). The van der Waals surface area contributed by atoms with Crippen molar-refractivity contribution in [1.82, 2.24) is 5.32 Å². The molecule has 0 aliphatic rings. The van der Waals surface area contributed by atoms with Crippen molar-refractivity contribution in [2.75, 3.05) is 34.5 Å². The molecule has 0 saturated heterocycles. The summed E-state index contributed by atoms with van der Waals surface area (Å²) in [5.41, 5.74) is 2.92. The van der Waals surface area contributed by atoms with Gasteiger partial charge in [0.15, 0.2) is 0 Å². The molecule has 0 radical (unpaired) electrons. The average Bonchev–Trinajstić information content (AvgIpc) is 2.90. The van der Waals surface area contributed by atoms with E-state index in [1.165, 1.54) is 7.11 Å². The van der Waals surface area contributed by atoms with Gasteiger partial charge in [-0.25, -0.2) is 4.79 Å². The SMILES string of the molecule is COC(=O)/C(=C/c1cc(OC)cc(OC)c1)c1ccc(OCC(O)CNCc2ccccc2)cc1. The Hall–Kier alpha value is -3.81. The molecule has 0 saturated carbocycles. The molecule has 0 bridgehead atoms. The highest BCUT2D eigenvalue weighted by Gasteiger charge is 2.14. The smallest absolute Gasteiger partial charge is 0.338 e. The van der Waals surface area contributed by atoms with Crippen molar-refractivity contribution in [1.29, 1.82) is 0 Å². The van der Waals surface area contributed by atoms with E-state index in [2.05, 4.69) is 5.32 Å². The lowest BCUT2D eigenvalue weighted by molar-refractivity contribution is -0.133. The summed E-state index contributed by atoms with van der Waals surface area (Å²) in [7, 11) is 4.48. The van der Waals surface area contributed by atoms with Crippen LogP contribution in [0.15, 0.2) is 72.8 Å². The zero-order valence-corrected chi connectivity index (χ0v) is 20.2. The monoisotopic (exact) mass is 477 g/mol. The molecule has 0 heterocycles. The van der Waals surface area contributed by atoms with E-state index >= 15 is 0 Å². The molecule has 3 aromatic carbocycles. The van der Waals surface area contributed by atoms with E-state index < -0.39 is 12.1 Å². The Morgan fingerprint density at radius 2 is 1.57 bits per heavy atom. The molecule has 0 aliphatic heterocycles. The van der Waals surface area contributed by atoms with E-state index in [0.29, 0.717) is 41.5 Å². The number of carbonyl (C=O) groups excluding carboxylic acids is 1. The van der Waals surface area contributed by atoms with Crippen LogP contribution in [0.1, 0.15) is 16.7 Å². The lowest BCUT2D eigenvalue weighted by Gasteiger charge is -2.14. The Labute approximate surface area is 205 Å². The van der Waals surface area contributed by atoms with Crippen LogP contribution in [0.3, 0.4) is 0 Å². The van der Waals surface area contributed by atoms with Gasteiger partial charge in [-0.1, -0.05) is 42.5 Å². The van der Waals surface area contributed by atoms with Gasteiger partial charge in [0.05, 0.1) is 26.9 Å². The fourth-order valence-corrected chi connectivity index (χ4v) is 3.41. The molecule has 0 aromatic heterocycles. The van der Waals surface area contributed by atoms with E-state index in [1.54, 1.807) is 62.8 Å². The van der Waals surface area contributed by atoms with Gasteiger partial charge in [-0.2, -0.15) is 0 Å². The van der Waals surface area contributed by atoms with Crippen LogP contribution >= 0.6 is 0 Å². The predicted octanol–water partition coefficient (Wildman–Crippen LogP) is 3.95. The maximum Gasteiger partial charge on any atom is 0.338 e. The first-order valence-electron chi connectivity index (χ1n) is 11.2. The first-order valence-corrected chi connectivity index (χ1v) is 11.2. The van der Waals surface area contributed by atoms with Crippen LogP contribution in [-0.4, -0.2) is 51.7 Å². The van der Waals surface area contributed by atoms with Crippen molar-refractivity contribution in [2.24, 2.45) is 0 Å². The second-order valence-corrected chi connectivity index (χ2v) is 7.80. The number of ether oxygens (including phenoxy) is 4. The lowest BCUT2D eigenvalue weighted by atomic mass is 10.0. The summed E-state index contributed by atoms with van der Waals surface area (Å²) in [4.78, 5) is 12.5. The van der Waals surface area contributed by atoms with Gasteiger partial charge in [0.2, 0.25) is 0 Å². The van der Waals surface area contributed by atoms with Crippen LogP contribution in [0.5, 0.6) is 17.2 Å². The van der Waals surface area contributed by atoms with Crippen LogP contribution in [0.2, 0.25) is 0 Å². The summed E-state index contributed by atoms with van der Waals surface area (Å²) in [5, 5.41) is 13.4. The summed E-state index contributed by atoms with van der Waals surface area (Å²) < 4.78 is 21.3. The van der Waals surface area contributed by atoms with E-state index in [1.807, 2.05) is 30.3 Å². The molecule has 0 aliphatic carbocycles. The summed E-state index contributed by atoms with van der Waals surface area (Å²) in [6, 6.07) is 22.4. The number of aliphatic hydroxyl groups excluding tert-OH is 1. The molecule has 35 heavy (non-hydrogen) atoms. The van der Waals surface area contributed by atoms with Crippen molar-refractivity contribution in [2.45, 2.75) is 12.6 Å². The number of benzene rings is 3. The summed E-state index contributed by atoms with van der Waals surface area (Å²) in [6.07, 6.45) is 1.06. The number of hydrogen-bond acceptors (Lipinski definition) is 7. The quantitative estimate of drug-likeness (QED) is 0.232. The van der Waals surface area contributed by atoms with Crippen molar-refractivity contribution < 1.29 is 28.8 Å². The van der Waals surface area contributed by atoms with Gasteiger partial charge in [-0.15, -0.1) is 0 Å². The molecular formula is C28H31NO6. The molecule has 184 valence electrons. The largest absolute Gasteiger partial charge is 0.497 e. The minimum atomic E-state index is -0.660. The highest BCUT2D eigenvalue weighted by atomic mass is 16.5. The van der Waals surface area contributed by atoms with Crippen molar-refractivity contribution >= 4 is 17.6 Å². The summed E-state index contributed by atoms with van der Waals surface area (Å²) in [6.45, 7) is 1.23. The molecule has 7 nitrogen and oxygen atoms in total. The highest BCUT2D eigenvalue weighted by Crippen LogP contribution is 2.27. The van der Waals surface area contributed by atoms with E-state index in [0.717, 1.165) is 11.1 Å². The van der Waals surface area contributed by atoms with E-state index in [9.17, 15) is 9.90 Å². The van der Waals surface area contributed by atoms with Crippen molar-refractivity contribution in [3.8, 4) is 17.2 Å². The Morgan fingerprint density at radius 3 is 2.17 bits per heavy atom. The predicted molar refractivity (Wildman–Crippen MR) is 136 cm³/mol. The fourth-order valence-electron chi connectivity index (χ4n) is 3.41. The molecule has 0 spiro atoms. The third kappa shape index (κ3) is 7.88. The number of carbonyl (C=O) groups is 1. The van der Waals surface area contributed by atoms with Crippen LogP contribution in [-0.2, 0) is 16.1 Å². The molecule has 0 fully saturated rings. The summed E-state index contributed by atoms with van der Waals surface area (Å²) in [5.74, 6) is 1.34. The van der Waals surface area contributed by atoms with E-state index in [4.69, 9.17) is 18.9 Å². The molecule has 2 N–H and O–H groups in total. The van der Waals surface area contributed by atoms with Crippen molar-refractivity contribution in [3.63, 3.8) is 0 Å². The first-order chi connectivity index (χ1) is 17.0. The molecule has 3 aromatic rings. The standard InChI is InChI=1S/C28H31NO6/c1-32-25-13-21(14-26(16-25)33-2)15-27(28(31)34-3)22-9-11-24(12-10-22)35-19-23(30)18-29-17-20-7-5-4-6-8-20/h4-16,23,29-30H,17-19H2,1-3H3/b27-15+. The topological polar surface area (TPSA) is 86.3 Å². The number of nitrogens with one attached hydrogen (secondary N) is 1. The zero-order valence-electron chi connectivity index (χ0n) is 20.2. The molecular weight excluding hydrogens is 446 g/mol. The second kappa shape index (κ2) is 13.2. The Balaban J connectivity index is 1.63. The molecule has 1 atom stereocenters. The normalized spacial score (nSPS) is 12.1. The zero-order chi connectivity index (χ0) is 25.0. The van der Waals surface area contributed by atoms with Gasteiger partial charge < -0.3 is 29.4 Å². The third-order valence-electron chi connectivity index (χ3n) is 5.25. The Kier molecular flexibility index (Phi) is 9.71. The van der Waals surface area contributed by atoms with Gasteiger partial charge in [0.25, 0.3) is 0 Å². The second-order valence-electron chi connectivity index (χ2n) is 7.80.